The summed E-state index contributed by atoms with van der Waals surface area (Å²) in [7, 11) is 4.04. The van der Waals surface area contributed by atoms with Gasteiger partial charge in [-0.3, -0.25) is 4.79 Å². The number of carbonyl (C=O) groups is 1. The third-order valence-corrected chi connectivity index (χ3v) is 4.40. The quantitative estimate of drug-likeness (QED) is 0.876. The molecule has 1 aliphatic rings. The first-order valence-electron chi connectivity index (χ1n) is 7.79. The zero-order valence-corrected chi connectivity index (χ0v) is 13.6. The number of nitrogens with one attached hydrogen (secondary N) is 2. The molecule has 0 aliphatic carbocycles. The molecule has 2 N–H and O–H groups in total. The van der Waals surface area contributed by atoms with Gasteiger partial charge in [-0.15, -0.1) is 0 Å². The molecule has 1 saturated heterocycles. The highest BCUT2D eigenvalue weighted by atomic mass is 16.2. The van der Waals surface area contributed by atoms with E-state index in [9.17, 15) is 4.79 Å². The highest BCUT2D eigenvalue weighted by Crippen LogP contribution is 2.33. The van der Waals surface area contributed by atoms with Gasteiger partial charge in [0, 0.05) is 32.0 Å². The van der Waals surface area contributed by atoms with E-state index in [1.165, 1.54) is 5.56 Å². The zero-order valence-electron chi connectivity index (χ0n) is 13.6. The summed E-state index contributed by atoms with van der Waals surface area (Å²) in [5.74, 6) is 0.155. The first-order valence-corrected chi connectivity index (χ1v) is 7.79. The van der Waals surface area contributed by atoms with Gasteiger partial charge in [0.2, 0.25) is 5.91 Å². The van der Waals surface area contributed by atoms with E-state index in [1.54, 1.807) is 0 Å². The third-order valence-electron chi connectivity index (χ3n) is 4.40. The lowest BCUT2D eigenvalue weighted by Gasteiger charge is -2.27. The van der Waals surface area contributed by atoms with Gasteiger partial charge in [0.05, 0.1) is 5.41 Å². The van der Waals surface area contributed by atoms with Crippen molar-refractivity contribution in [3.05, 3.63) is 23.8 Å². The van der Waals surface area contributed by atoms with Crippen LogP contribution in [-0.4, -0.2) is 33.1 Å². The molecule has 2 rings (SSSR count). The lowest BCUT2D eigenvalue weighted by Crippen LogP contribution is -2.38. The Balaban J connectivity index is 2.17. The molecule has 0 radical (unpaired) electrons. The summed E-state index contributed by atoms with van der Waals surface area (Å²) >= 11 is 0. The summed E-state index contributed by atoms with van der Waals surface area (Å²) < 4.78 is 0. The molecule has 1 amide bonds. The summed E-state index contributed by atoms with van der Waals surface area (Å²) in [5.41, 5.74) is 3.00. The molecule has 1 aliphatic heterocycles. The lowest BCUT2D eigenvalue weighted by molar-refractivity contribution is -0.125. The summed E-state index contributed by atoms with van der Waals surface area (Å²) in [6, 6.07) is 6.10. The van der Waals surface area contributed by atoms with Crippen molar-refractivity contribution in [2.75, 3.05) is 37.4 Å². The summed E-state index contributed by atoms with van der Waals surface area (Å²) in [4.78, 5) is 14.8. The minimum atomic E-state index is -0.238. The number of hydrogen-bond acceptors (Lipinski definition) is 3. The van der Waals surface area contributed by atoms with E-state index in [1.807, 2.05) is 20.2 Å². The monoisotopic (exact) mass is 289 g/mol. The van der Waals surface area contributed by atoms with Gasteiger partial charge in [0.1, 0.15) is 0 Å². The van der Waals surface area contributed by atoms with Gasteiger partial charge in [-0.25, -0.2) is 0 Å². The number of aryl methyl sites for hydroxylation is 1. The van der Waals surface area contributed by atoms with Crippen LogP contribution in [0, 0.1) is 12.3 Å². The summed E-state index contributed by atoms with van der Waals surface area (Å²) in [6.45, 7) is 5.95. The Morgan fingerprint density at radius 3 is 2.76 bits per heavy atom. The minimum absolute atomic E-state index is 0.155. The van der Waals surface area contributed by atoms with Crippen molar-refractivity contribution in [3.63, 3.8) is 0 Å². The van der Waals surface area contributed by atoms with E-state index in [2.05, 4.69) is 41.5 Å². The lowest BCUT2D eigenvalue weighted by atomic mass is 9.81. The molecule has 116 valence electrons. The van der Waals surface area contributed by atoms with Crippen molar-refractivity contribution >= 4 is 17.3 Å². The molecule has 1 fully saturated rings. The van der Waals surface area contributed by atoms with Crippen molar-refractivity contribution in [2.24, 2.45) is 5.41 Å². The highest BCUT2D eigenvalue weighted by Gasteiger charge is 2.40. The molecule has 1 atom stereocenters. The second-order valence-corrected chi connectivity index (χ2v) is 6.31. The van der Waals surface area contributed by atoms with Gasteiger partial charge < -0.3 is 15.5 Å². The van der Waals surface area contributed by atoms with E-state index in [4.69, 9.17) is 0 Å². The van der Waals surface area contributed by atoms with Crippen LogP contribution in [0.25, 0.3) is 0 Å². The van der Waals surface area contributed by atoms with Crippen LogP contribution in [0.1, 0.15) is 31.7 Å². The largest absolute Gasteiger partial charge is 0.377 e. The fourth-order valence-electron chi connectivity index (χ4n) is 3.18. The van der Waals surface area contributed by atoms with Gasteiger partial charge in [-0.05, 0) is 44.0 Å². The molecule has 0 aromatic heterocycles. The molecule has 0 bridgehead atoms. The fourth-order valence-corrected chi connectivity index (χ4v) is 3.18. The number of amides is 1. The average Bonchev–Trinajstić information content (AvgIpc) is 2.91. The van der Waals surface area contributed by atoms with E-state index >= 15 is 0 Å². The predicted molar refractivity (Wildman–Crippen MR) is 89.0 cm³/mol. The van der Waals surface area contributed by atoms with E-state index in [-0.39, 0.29) is 11.3 Å². The standard InChI is InChI=1S/C17H27N3O/c1-5-8-17(9-10-18-12-17)16(21)19-14-7-6-13(2)15(11-14)20(3)4/h6-7,11,18H,5,8-10,12H2,1-4H3,(H,19,21). The van der Waals surface area contributed by atoms with E-state index in [0.717, 1.165) is 43.7 Å². The van der Waals surface area contributed by atoms with Crippen molar-refractivity contribution in [1.82, 2.24) is 5.32 Å². The second-order valence-electron chi connectivity index (χ2n) is 6.31. The third kappa shape index (κ3) is 3.38. The SMILES string of the molecule is CCCC1(C(=O)Nc2ccc(C)c(N(C)C)c2)CCNC1. The molecule has 1 unspecified atom stereocenters. The maximum atomic E-state index is 12.7. The Kier molecular flexibility index (Phi) is 4.88. The molecular formula is C17H27N3O. The maximum absolute atomic E-state index is 12.7. The minimum Gasteiger partial charge on any atom is -0.377 e. The van der Waals surface area contributed by atoms with Crippen LogP contribution in [0.5, 0.6) is 0 Å². The molecule has 1 heterocycles. The highest BCUT2D eigenvalue weighted by molar-refractivity contribution is 5.96. The Morgan fingerprint density at radius 2 is 2.19 bits per heavy atom. The number of benzene rings is 1. The fraction of sp³-hybridized carbons (Fsp3) is 0.588. The topological polar surface area (TPSA) is 44.4 Å². The molecule has 0 spiro atoms. The first kappa shape index (κ1) is 15.8. The number of hydrogen-bond donors (Lipinski definition) is 2. The molecule has 1 aromatic carbocycles. The van der Waals surface area contributed by atoms with Gasteiger partial charge in [0.25, 0.3) is 0 Å². The van der Waals surface area contributed by atoms with Crippen LogP contribution in [0.15, 0.2) is 18.2 Å². The van der Waals surface area contributed by atoms with Crippen molar-refractivity contribution < 1.29 is 4.79 Å². The van der Waals surface area contributed by atoms with Crippen LogP contribution in [-0.2, 0) is 4.79 Å². The van der Waals surface area contributed by atoms with Gasteiger partial charge in [-0.1, -0.05) is 19.4 Å². The van der Waals surface area contributed by atoms with Crippen LogP contribution < -0.4 is 15.5 Å². The van der Waals surface area contributed by atoms with Gasteiger partial charge in [0.15, 0.2) is 0 Å². The Morgan fingerprint density at radius 1 is 1.43 bits per heavy atom. The van der Waals surface area contributed by atoms with E-state index in [0.29, 0.717) is 0 Å². The smallest absolute Gasteiger partial charge is 0.231 e. The molecule has 21 heavy (non-hydrogen) atoms. The maximum Gasteiger partial charge on any atom is 0.231 e. The van der Waals surface area contributed by atoms with Crippen LogP contribution in [0.4, 0.5) is 11.4 Å². The average molecular weight is 289 g/mol. The first-order chi connectivity index (χ1) is 9.98. The predicted octanol–water partition coefficient (Wildman–Crippen LogP) is 2.78. The molecule has 4 nitrogen and oxygen atoms in total. The van der Waals surface area contributed by atoms with Crippen LogP contribution in [0.3, 0.4) is 0 Å². The Labute approximate surface area is 127 Å². The Bertz CT molecular complexity index is 505. The van der Waals surface area contributed by atoms with Gasteiger partial charge in [-0.2, -0.15) is 0 Å². The Hall–Kier alpha value is -1.55. The van der Waals surface area contributed by atoms with Crippen molar-refractivity contribution in [1.29, 1.82) is 0 Å². The number of nitrogens with zero attached hydrogens (tertiary/aromatic N) is 1. The molecule has 4 heteroatoms. The summed E-state index contributed by atoms with van der Waals surface area (Å²) in [6.07, 6.45) is 2.91. The molecule has 0 saturated carbocycles. The molecular weight excluding hydrogens is 262 g/mol. The van der Waals surface area contributed by atoms with E-state index < -0.39 is 0 Å². The van der Waals surface area contributed by atoms with Crippen LogP contribution in [0.2, 0.25) is 0 Å². The number of anilines is 2. The van der Waals surface area contributed by atoms with Gasteiger partial charge >= 0.3 is 0 Å². The van der Waals surface area contributed by atoms with Crippen molar-refractivity contribution in [3.8, 4) is 0 Å². The normalized spacial score (nSPS) is 21.3. The molecule has 1 aromatic rings. The van der Waals surface area contributed by atoms with Crippen molar-refractivity contribution in [2.45, 2.75) is 33.1 Å². The zero-order chi connectivity index (χ0) is 15.5. The number of carbonyl (C=O) groups excluding carboxylic acids is 1. The number of rotatable bonds is 5. The van der Waals surface area contributed by atoms with Crippen LogP contribution >= 0.6 is 0 Å². The second kappa shape index (κ2) is 6.48. The summed E-state index contributed by atoms with van der Waals surface area (Å²) in [5, 5.41) is 6.46.